The Morgan fingerprint density at radius 3 is 1.36 bits per heavy atom. The van der Waals surface area contributed by atoms with Crippen molar-refractivity contribution in [2.45, 2.75) is 34.9 Å². The van der Waals surface area contributed by atoms with Crippen LogP contribution in [0.5, 0.6) is 0 Å². The Kier molecular flexibility index (Phi) is 6.58. The first-order valence-corrected chi connectivity index (χ1v) is 11.2. The molecule has 0 aromatic heterocycles. The zero-order valence-corrected chi connectivity index (χ0v) is 19.0. The summed E-state index contributed by atoms with van der Waals surface area (Å²) in [6.45, 7) is 8.93. The van der Waals surface area contributed by atoms with Gasteiger partial charge in [-0.25, -0.2) is 0 Å². The quantitative estimate of drug-likeness (QED) is 0.600. The summed E-state index contributed by atoms with van der Waals surface area (Å²) in [6.07, 6.45) is 9.66. The smallest absolute Gasteiger partial charge is 1.00 e. The van der Waals surface area contributed by atoms with Gasteiger partial charge >= 0.3 is 151 Å². The van der Waals surface area contributed by atoms with Crippen LogP contribution in [0.3, 0.4) is 0 Å². The minimum absolute atomic E-state index is 0. The maximum absolute atomic E-state index is 2.47. The van der Waals surface area contributed by atoms with Crippen molar-refractivity contribution in [1.29, 1.82) is 0 Å². The Labute approximate surface area is 175 Å². The van der Waals surface area contributed by atoms with E-state index in [0.29, 0.717) is 0 Å². The first-order valence-electron chi connectivity index (χ1n) is 8.37. The Hall–Kier alpha value is -0.617. The van der Waals surface area contributed by atoms with Crippen LogP contribution in [0, 0.1) is 27.7 Å². The normalized spacial score (nSPS) is 18.9. The van der Waals surface area contributed by atoms with Crippen molar-refractivity contribution in [2.75, 3.05) is 0 Å². The molecule has 0 bridgehead atoms. The number of aryl methyl sites for hydroxylation is 4. The maximum atomic E-state index is 2.47. The second kappa shape index (κ2) is 7.95. The van der Waals surface area contributed by atoms with E-state index in [9.17, 15) is 0 Å². The Morgan fingerprint density at radius 2 is 0.960 bits per heavy atom. The molecule has 2 atom stereocenters. The van der Waals surface area contributed by atoms with E-state index >= 15 is 0 Å². The van der Waals surface area contributed by atoms with Crippen molar-refractivity contribution in [3.63, 3.8) is 0 Å². The van der Waals surface area contributed by atoms with E-state index in [0.717, 1.165) is 7.25 Å². The number of allylic oxidation sites excluding steroid dienone is 2. The Morgan fingerprint density at radius 1 is 0.600 bits per heavy atom. The van der Waals surface area contributed by atoms with Gasteiger partial charge in [0.1, 0.15) is 0 Å². The van der Waals surface area contributed by atoms with Gasteiger partial charge in [-0.3, -0.25) is 0 Å². The van der Waals surface area contributed by atoms with Crippen LogP contribution < -0.4 is 24.8 Å². The third kappa shape index (κ3) is 3.75. The summed E-state index contributed by atoms with van der Waals surface area (Å²) >= 11 is -0.611. The van der Waals surface area contributed by atoms with Gasteiger partial charge in [-0.1, -0.05) is 0 Å². The van der Waals surface area contributed by atoms with Crippen LogP contribution in [0.1, 0.15) is 51.8 Å². The fourth-order valence-electron chi connectivity index (χ4n) is 3.64. The van der Waals surface area contributed by atoms with E-state index in [1.165, 1.54) is 33.4 Å². The van der Waals surface area contributed by atoms with Crippen LogP contribution in [-0.4, -0.2) is 0 Å². The predicted octanol–water partition coefficient (Wildman–Crippen LogP) is -0.153. The molecule has 0 aliphatic heterocycles. The monoisotopic (exact) mass is 446 g/mol. The van der Waals surface area contributed by atoms with Gasteiger partial charge in [0.25, 0.3) is 0 Å². The fraction of sp³-hybridized carbons (Fsp3) is 0.273. The molecule has 0 fully saturated rings. The SMILES string of the molecule is Cc1cc2c(cc1C)[CH]([Zr+2][CH]1C=Cc3cc(C)c(C)cc31)C=C2.[Cl-].[Cl-]. The fourth-order valence-corrected chi connectivity index (χ4v) is 7.72. The summed E-state index contributed by atoms with van der Waals surface area (Å²) in [4.78, 5) is 0. The van der Waals surface area contributed by atoms with E-state index in [4.69, 9.17) is 0 Å². The maximum Gasteiger partial charge on any atom is -1.00 e. The van der Waals surface area contributed by atoms with E-state index in [2.05, 4.69) is 76.3 Å². The molecule has 2 aliphatic rings. The molecule has 2 aromatic rings. The van der Waals surface area contributed by atoms with Crippen molar-refractivity contribution in [3.05, 3.63) is 80.9 Å². The van der Waals surface area contributed by atoms with Crippen LogP contribution in [-0.2, 0) is 23.2 Å². The molecule has 2 aliphatic carbocycles. The van der Waals surface area contributed by atoms with Crippen molar-refractivity contribution in [1.82, 2.24) is 0 Å². The topological polar surface area (TPSA) is 0 Å². The molecule has 0 radical (unpaired) electrons. The molecule has 3 heteroatoms. The zero-order chi connectivity index (χ0) is 16.1. The van der Waals surface area contributed by atoms with E-state index in [1.54, 1.807) is 11.1 Å². The number of hydrogen-bond donors (Lipinski definition) is 0. The Balaban J connectivity index is 0.00000113. The number of fused-ring (bicyclic) bond motifs is 2. The van der Waals surface area contributed by atoms with Crippen molar-refractivity contribution in [3.8, 4) is 0 Å². The summed E-state index contributed by atoms with van der Waals surface area (Å²) in [5.41, 5.74) is 11.8. The predicted molar refractivity (Wildman–Crippen MR) is 95.4 cm³/mol. The molecule has 0 saturated heterocycles. The van der Waals surface area contributed by atoms with Gasteiger partial charge < -0.3 is 24.8 Å². The van der Waals surface area contributed by atoms with Crippen LogP contribution in [0.15, 0.2) is 36.4 Å². The molecule has 0 nitrogen and oxygen atoms in total. The second-order valence-electron chi connectivity index (χ2n) is 6.97. The summed E-state index contributed by atoms with van der Waals surface area (Å²) in [5, 5.41) is 0. The third-order valence-corrected chi connectivity index (χ3v) is 9.60. The second-order valence-corrected chi connectivity index (χ2v) is 10.8. The molecular formula is C22H22Cl2Zr. The Bertz CT molecular complexity index is 793. The molecule has 0 spiro atoms. The third-order valence-electron chi connectivity index (χ3n) is 5.36. The molecule has 128 valence electrons. The minimum Gasteiger partial charge on any atom is -1.00 e. The van der Waals surface area contributed by atoms with Crippen molar-refractivity contribution in [2.24, 2.45) is 0 Å². The van der Waals surface area contributed by atoms with Crippen molar-refractivity contribution >= 4 is 12.2 Å². The molecule has 0 saturated carbocycles. The molecule has 4 rings (SSSR count). The number of rotatable bonds is 2. The summed E-state index contributed by atoms with van der Waals surface area (Å²) in [5.74, 6) is 0. The van der Waals surface area contributed by atoms with E-state index in [-0.39, 0.29) is 24.8 Å². The van der Waals surface area contributed by atoms with Crippen LogP contribution in [0.25, 0.3) is 12.2 Å². The van der Waals surface area contributed by atoms with E-state index in [1.807, 2.05) is 0 Å². The van der Waals surface area contributed by atoms with Crippen molar-refractivity contribution < 1.29 is 48.0 Å². The molecule has 0 heterocycles. The molecule has 0 amide bonds. The molecular weight excluding hydrogens is 426 g/mol. The summed E-state index contributed by atoms with van der Waals surface area (Å²) < 4.78 is 1.44. The van der Waals surface area contributed by atoms with Gasteiger partial charge in [0.2, 0.25) is 0 Å². The van der Waals surface area contributed by atoms with Gasteiger partial charge in [-0.05, 0) is 0 Å². The first-order chi connectivity index (χ1) is 11.0. The largest absolute Gasteiger partial charge is 1.00 e. The molecule has 25 heavy (non-hydrogen) atoms. The van der Waals surface area contributed by atoms with Gasteiger partial charge in [-0.2, -0.15) is 0 Å². The van der Waals surface area contributed by atoms with Gasteiger partial charge in [0.05, 0.1) is 0 Å². The first kappa shape index (κ1) is 20.7. The molecule has 2 unspecified atom stereocenters. The van der Waals surface area contributed by atoms with Crippen LogP contribution >= 0.6 is 0 Å². The van der Waals surface area contributed by atoms with Gasteiger partial charge in [0.15, 0.2) is 0 Å². The number of hydrogen-bond acceptors (Lipinski definition) is 0. The molecule has 2 aromatic carbocycles. The molecule has 0 N–H and O–H groups in total. The average molecular weight is 449 g/mol. The minimum atomic E-state index is -0.611. The van der Waals surface area contributed by atoms with Gasteiger partial charge in [0, 0.05) is 0 Å². The van der Waals surface area contributed by atoms with E-state index < -0.39 is 23.2 Å². The van der Waals surface area contributed by atoms with Gasteiger partial charge in [-0.15, -0.1) is 0 Å². The van der Waals surface area contributed by atoms with Crippen LogP contribution in [0.4, 0.5) is 0 Å². The standard InChI is InChI=1S/2C11H11.2ClH.Zr/c2*1-8-6-10-4-3-5-11(10)7-9(8)2;;;/h2*3-7H,1-2H3;2*1H;/q;;;;+2/p-2. The number of halogens is 2. The number of benzene rings is 2. The average Bonchev–Trinajstić information content (AvgIpc) is 3.07. The van der Waals surface area contributed by atoms with Crippen LogP contribution in [0.2, 0.25) is 0 Å². The summed E-state index contributed by atoms with van der Waals surface area (Å²) in [7, 11) is 0. The summed E-state index contributed by atoms with van der Waals surface area (Å²) in [6, 6.07) is 9.62. The zero-order valence-electron chi connectivity index (χ0n) is 15.0.